The smallest absolute Gasteiger partial charge is 0.201 e. The van der Waals surface area contributed by atoms with E-state index in [2.05, 4.69) is 6.92 Å². The van der Waals surface area contributed by atoms with Crippen molar-refractivity contribution in [3.05, 3.63) is 23.1 Å². The number of hydrogen-bond donors (Lipinski definition) is 0. The molecule has 3 heteroatoms. The maximum absolute atomic E-state index is 12.0. The van der Waals surface area contributed by atoms with Gasteiger partial charge in [0.1, 0.15) is 0 Å². The second-order valence-corrected chi connectivity index (χ2v) is 4.80. The van der Waals surface area contributed by atoms with E-state index in [0.29, 0.717) is 11.0 Å². The maximum atomic E-state index is 12.0. The maximum Gasteiger partial charge on any atom is 0.201 e. The summed E-state index contributed by atoms with van der Waals surface area (Å²) in [6.07, 6.45) is 4.26. The Kier molecular flexibility index (Phi) is 3.15. The molecule has 0 amide bonds. The molecule has 1 aliphatic rings. The molecule has 1 fully saturated rings. The average molecular weight is 227 g/mol. The number of Topliss-reactive ketones (excluding diaryl/α,β-unsaturated/α-hetero) is 1. The summed E-state index contributed by atoms with van der Waals surface area (Å²) in [5.41, 5.74) is 0. The Morgan fingerprint density at radius 3 is 2.53 bits per heavy atom. The van der Waals surface area contributed by atoms with E-state index < -0.39 is 0 Å². The Labute approximate surface area is 94.6 Å². The molecule has 0 spiro atoms. The first-order chi connectivity index (χ1) is 7.16. The highest BCUT2D eigenvalue weighted by atomic mass is 35.5. The van der Waals surface area contributed by atoms with Gasteiger partial charge in [0, 0.05) is 5.92 Å². The zero-order valence-electron chi connectivity index (χ0n) is 8.83. The fourth-order valence-electron chi connectivity index (χ4n) is 2.17. The summed E-state index contributed by atoms with van der Waals surface area (Å²) in [4.78, 5) is 12.0. The first kappa shape index (κ1) is 10.7. The predicted molar refractivity (Wildman–Crippen MR) is 59.2 cm³/mol. The lowest BCUT2D eigenvalue weighted by atomic mass is 9.80. The SMILES string of the molecule is CC1CCC(C(=O)c2ccc(Cl)o2)CC1. The molecule has 0 saturated heterocycles. The third-order valence-corrected chi connectivity index (χ3v) is 3.41. The first-order valence-corrected chi connectivity index (χ1v) is 5.84. The Bertz CT molecular complexity index is 348. The third kappa shape index (κ3) is 2.43. The summed E-state index contributed by atoms with van der Waals surface area (Å²) in [6, 6.07) is 3.29. The van der Waals surface area contributed by atoms with Gasteiger partial charge in [-0.2, -0.15) is 0 Å². The van der Waals surface area contributed by atoms with E-state index in [1.165, 1.54) is 0 Å². The lowest BCUT2D eigenvalue weighted by molar-refractivity contribution is 0.0847. The van der Waals surface area contributed by atoms with Crippen molar-refractivity contribution in [3.8, 4) is 0 Å². The van der Waals surface area contributed by atoms with Crippen molar-refractivity contribution in [1.82, 2.24) is 0 Å². The van der Waals surface area contributed by atoms with E-state index in [-0.39, 0.29) is 11.7 Å². The zero-order valence-corrected chi connectivity index (χ0v) is 9.59. The molecule has 82 valence electrons. The highest BCUT2D eigenvalue weighted by Crippen LogP contribution is 2.31. The van der Waals surface area contributed by atoms with Gasteiger partial charge in [-0.05, 0) is 42.5 Å². The van der Waals surface area contributed by atoms with Crippen LogP contribution < -0.4 is 0 Å². The molecule has 2 nitrogen and oxygen atoms in total. The lowest BCUT2D eigenvalue weighted by Crippen LogP contribution is -2.20. The van der Waals surface area contributed by atoms with Crippen LogP contribution in [0, 0.1) is 11.8 Å². The number of carbonyl (C=O) groups excluding carboxylic acids is 1. The van der Waals surface area contributed by atoms with Crippen molar-refractivity contribution in [3.63, 3.8) is 0 Å². The van der Waals surface area contributed by atoms with Crippen LogP contribution in [-0.4, -0.2) is 5.78 Å². The molecule has 0 N–H and O–H groups in total. The van der Waals surface area contributed by atoms with Gasteiger partial charge in [-0.1, -0.05) is 19.8 Å². The summed E-state index contributed by atoms with van der Waals surface area (Å²) in [5.74, 6) is 1.44. The number of ketones is 1. The van der Waals surface area contributed by atoms with Crippen molar-refractivity contribution in [2.45, 2.75) is 32.6 Å². The summed E-state index contributed by atoms with van der Waals surface area (Å²) >= 11 is 5.65. The molecule has 1 heterocycles. The van der Waals surface area contributed by atoms with Crippen molar-refractivity contribution in [2.75, 3.05) is 0 Å². The van der Waals surface area contributed by atoms with Crippen LogP contribution in [0.1, 0.15) is 43.2 Å². The van der Waals surface area contributed by atoms with Gasteiger partial charge in [-0.3, -0.25) is 4.79 Å². The van der Waals surface area contributed by atoms with Crippen LogP contribution in [-0.2, 0) is 0 Å². The topological polar surface area (TPSA) is 30.2 Å². The molecule has 0 aliphatic heterocycles. The van der Waals surface area contributed by atoms with E-state index >= 15 is 0 Å². The van der Waals surface area contributed by atoms with Crippen LogP contribution >= 0.6 is 11.6 Å². The van der Waals surface area contributed by atoms with E-state index in [0.717, 1.165) is 31.6 Å². The summed E-state index contributed by atoms with van der Waals surface area (Å²) in [5, 5.41) is 0.294. The van der Waals surface area contributed by atoms with E-state index in [4.69, 9.17) is 16.0 Å². The highest BCUT2D eigenvalue weighted by molar-refractivity contribution is 6.29. The summed E-state index contributed by atoms with van der Waals surface area (Å²) < 4.78 is 5.14. The van der Waals surface area contributed by atoms with Crippen molar-refractivity contribution in [1.29, 1.82) is 0 Å². The monoisotopic (exact) mass is 226 g/mol. The molecular formula is C12H15ClO2. The second kappa shape index (κ2) is 4.40. The van der Waals surface area contributed by atoms with E-state index in [9.17, 15) is 4.79 Å². The average Bonchev–Trinajstić information content (AvgIpc) is 2.65. The molecule has 1 aliphatic carbocycles. The van der Waals surface area contributed by atoms with Crippen LogP contribution in [0.25, 0.3) is 0 Å². The number of halogens is 1. The summed E-state index contributed by atoms with van der Waals surface area (Å²) in [7, 11) is 0. The van der Waals surface area contributed by atoms with Gasteiger partial charge in [0.05, 0.1) is 0 Å². The van der Waals surface area contributed by atoms with Crippen LogP contribution in [0.4, 0.5) is 0 Å². The van der Waals surface area contributed by atoms with Gasteiger partial charge >= 0.3 is 0 Å². The quantitative estimate of drug-likeness (QED) is 0.715. The molecule has 1 saturated carbocycles. The molecule has 2 rings (SSSR count). The number of rotatable bonds is 2. The van der Waals surface area contributed by atoms with Gasteiger partial charge in [-0.25, -0.2) is 0 Å². The molecule has 1 aromatic heterocycles. The minimum absolute atomic E-state index is 0.119. The number of carbonyl (C=O) groups is 1. The fourth-order valence-corrected chi connectivity index (χ4v) is 2.32. The first-order valence-electron chi connectivity index (χ1n) is 5.46. The van der Waals surface area contributed by atoms with Gasteiger partial charge in [0.25, 0.3) is 0 Å². The lowest BCUT2D eigenvalue weighted by Gasteiger charge is -2.24. The standard InChI is InChI=1S/C12H15ClO2/c1-8-2-4-9(5-3-8)12(14)10-6-7-11(13)15-10/h6-9H,2-5H2,1H3. The molecule has 0 radical (unpaired) electrons. The van der Waals surface area contributed by atoms with Crippen LogP contribution in [0.2, 0.25) is 5.22 Å². The van der Waals surface area contributed by atoms with Gasteiger partial charge in [-0.15, -0.1) is 0 Å². The molecule has 0 bridgehead atoms. The third-order valence-electron chi connectivity index (χ3n) is 3.20. The number of hydrogen-bond acceptors (Lipinski definition) is 2. The molecule has 0 unspecified atom stereocenters. The van der Waals surface area contributed by atoms with Crippen LogP contribution in [0.5, 0.6) is 0 Å². The second-order valence-electron chi connectivity index (χ2n) is 4.42. The van der Waals surface area contributed by atoms with Crippen LogP contribution in [0.3, 0.4) is 0 Å². The molecule has 1 aromatic rings. The Hall–Kier alpha value is -0.760. The summed E-state index contributed by atoms with van der Waals surface area (Å²) in [6.45, 7) is 2.24. The normalized spacial score (nSPS) is 26.5. The van der Waals surface area contributed by atoms with Gasteiger partial charge in [0.2, 0.25) is 5.78 Å². The van der Waals surface area contributed by atoms with E-state index in [1.807, 2.05) is 0 Å². The molecule has 15 heavy (non-hydrogen) atoms. The van der Waals surface area contributed by atoms with Gasteiger partial charge in [0.15, 0.2) is 11.0 Å². The van der Waals surface area contributed by atoms with Crippen LogP contribution in [0.15, 0.2) is 16.5 Å². The number of furan rings is 1. The Balaban J connectivity index is 2.02. The highest BCUT2D eigenvalue weighted by Gasteiger charge is 2.26. The van der Waals surface area contributed by atoms with Crippen molar-refractivity contribution < 1.29 is 9.21 Å². The molecule has 0 aromatic carbocycles. The molecule has 0 atom stereocenters. The minimum Gasteiger partial charge on any atom is -0.442 e. The predicted octanol–water partition coefficient (Wildman–Crippen LogP) is 3.94. The van der Waals surface area contributed by atoms with Crippen molar-refractivity contribution >= 4 is 17.4 Å². The van der Waals surface area contributed by atoms with E-state index in [1.54, 1.807) is 12.1 Å². The Morgan fingerprint density at radius 1 is 1.33 bits per heavy atom. The Morgan fingerprint density at radius 2 is 2.00 bits per heavy atom. The van der Waals surface area contributed by atoms with Crippen molar-refractivity contribution in [2.24, 2.45) is 11.8 Å². The zero-order chi connectivity index (χ0) is 10.8. The minimum atomic E-state index is 0.119. The van der Waals surface area contributed by atoms with Gasteiger partial charge < -0.3 is 4.42 Å². The molecular weight excluding hydrogens is 212 g/mol. The largest absolute Gasteiger partial charge is 0.442 e. The fraction of sp³-hybridized carbons (Fsp3) is 0.583.